The number of carbonyl (C=O) groups excluding carboxylic acids is 1. The van der Waals surface area contributed by atoms with Crippen molar-refractivity contribution in [3.8, 4) is 0 Å². The number of hydrogen-bond acceptors (Lipinski definition) is 3. The van der Waals surface area contributed by atoms with Gasteiger partial charge in [-0.3, -0.25) is 4.79 Å². The van der Waals surface area contributed by atoms with E-state index < -0.39 is 0 Å². The number of allylic oxidation sites excluding steroid dienone is 2. The van der Waals surface area contributed by atoms with Crippen LogP contribution in [0.25, 0.3) is 0 Å². The van der Waals surface area contributed by atoms with Gasteiger partial charge in [0.15, 0.2) is 0 Å². The molecule has 1 aliphatic carbocycles. The van der Waals surface area contributed by atoms with Crippen molar-refractivity contribution in [1.82, 2.24) is 4.90 Å². The maximum Gasteiger partial charge on any atom is 0.253 e. The van der Waals surface area contributed by atoms with E-state index in [-0.39, 0.29) is 11.9 Å². The Morgan fingerprint density at radius 3 is 2.48 bits per heavy atom. The van der Waals surface area contributed by atoms with Crippen LogP contribution in [0.2, 0.25) is 0 Å². The fourth-order valence-corrected chi connectivity index (χ4v) is 4.57. The molecule has 4 rings (SSSR count). The molecular weight excluding hydrogens is 328 g/mol. The first-order valence-corrected chi connectivity index (χ1v) is 9.25. The van der Waals surface area contributed by atoms with Crippen LogP contribution >= 0.6 is 11.8 Å². The number of rotatable bonds is 2. The number of para-hydroxylation sites is 1. The summed E-state index contributed by atoms with van der Waals surface area (Å²) in [6.45, 7) is 0. The standard InChI is InChI=1S/C21H20N2OS/c1-22(2)21(24)15-11-13-16(14-12-15)23-17-7-3-5-9-19(17)25-20-10-6-4-8-18(20)23/h3-14,17,19H,1-2H3. The highest BCUT2D eigenvalue weighted by Gasteiger charge is 2.33. The van der Waals surface area contributed by atoms with Gasteiger partial charge in [0.05, 0.1) is 17.0 Å². The highest BCUT2D eigenvalue weighted by Crippen LogP contribution is 2.46. The van der Waals surface area contributed by atoms with Crippen LogP contribution in [0.5, 0.6) is 0 Å². The van der Waals surface area contributed by atoms with Crippen LogP contribution < -0.4 is 4.90 Å². The van der Waals surface area contributed by atoms with Crippen LogP contribution in [-0.2, 0) is 0 Å². The van der Waals surface area contributed by atoms with Gasteiger partial charge in [0.1, 0.15) is 0 Å². The Labute approximate surface area is 152 Å². The molecule has 3 nitrogen and oxygen atoms in total. The molecule has 0 saturated carbocycles. The number of thioether (sulfide) groups is 1. The quantitative estimate of drug-likeness (QED) is 0.798. The van der Waals surface area contributed by atoms with Gasteiger partial charge < -0.3 is 9.80 Å². The van der Waals surface area contributed by atoms with Crippen LogP contribution in [0.4, 0.5) is 11.4 Å². The monoisotopic (exact) mass is 348 g/mol. The summed E-state index contributed by atoms with van der Waals surface area (Å²) in [5, 5.41) is 0.392. The number of fused-ring (bicyclic) bond motifs is 2. The minimum Gasteiger partial charge on any atom is -0.345 e. The summed E-state index contributed by atoms with van der Waals surface area (Å²) in [7, 11) is 3.55. The summed E-state index contributed by atoms with van der Waals surface area (Å²) in [5.74, 6) is 0.0273. The van der Waals surface area contributed by atoms with Crippen molar-refractivity contribution < 1.29 is 4.79 Å². The van der Waals surface area contributed by atoms with Gasteiger partial charge in [-0.05, 0) is 36.4 Å². The summed E-state index contributed by atoms with van der Waals surface area (Å²) in [6.07, 6.45) is 8.76. The maximum absolute atomic E-state index is 12.1. The van der Waals surface area contributed by atoms with Gasteiger partial charge in [-0.25, -0.2) is 0 Å². The lowest BCUT2D eigenvalue weighted by Gasteiger charge is -2.42. The third kappa shape index (κ3) is 2.87. The zero-order valence-corrected chi connectivity index (χ0v) is 15.1. The Morgan fingerprint density at radius 1 is 1.00 bits per heavy atom. The number of carbonyl (C=O) groups is 1. The van der Waals surface area contributed by atoms with Crippen molar-refractivity contribution in [3.05, 3.63) is 78.4 Å². The van der Waals surface area contributed by atoms with Crippen LogP contribution in [0.3, 0.4) is 0 Å². The van der Waals surface area contributed by atoms with Crippen molar-refractivity contribution in [1.29, 1.82) is 0 Å². The molecule has 0 aromatic heterocycles. The number of hydrogen-bond donors (Lipinski definition) is 0. The molecular formula is C21H20N2OS. The third-order valence-electron chi connectivity index (χ3n) is 4.54. The first kappa shape index (κ1) is 16.0. The summed E-state index contributed by atoms with van der Waals surface area (Å²) in [5.41, 5.74) is 3.04. The Bertz CT molecular complexity index is 854. The first-order chi connectivity index (χ1) is 12.1. The lowest BCUT2D eigenvalue weighted by Crippen LogP contribution is -2.41. The molecule has 4 heteroatoms. The number of anilines is 2. The molecule has 2 aromatic carbocycles. The zero-order valence-electron chi connectivity index (χ0n) is 14.3. The first-order valence-electron chi connectivity index (χ1n) is 8.37. The minimum absolute atomic E-state index is 0.0273. The molecule has 0 N–H and O–H groups in total. The van der Waals surface area contributed by atoms with Crippen molar-refractivity contribution >= 4 is 29.0 Å². The van der Waals surface area contributed by atoms with Crippen LogP contribution in [0.1, 0.15) is 10.4 Å². The number of nitrogens with zero attached hydrogens (tertiary/aromatic N) is 2. The fourth-order valence-electron chi connectivity index (χ4n) is 3.31. The molecule has 0 fully saturated rings. The second kappa shape index (κ2) is 6.45. The molecule has 0 bridgehead atoms. The van der Waals surface area contributed by atoms with Gasteiger partial charge in [-0.2, -0.15) is 0 Å². The molecule has 126 valence electrons. The lowest BCUT2D eigenvalue weighted by atomic mass is 10.0. The van der Waals surface area contributed by atoms with Gasteiger partial charge in [0.25, 0.3) is 5.91 Å². The largest absolute Gasteiger partial charge is 0.345 e. The van der Waals surface area contributed by atoms with Gasteiger partial charge in [-0.1, -0.05) is 36.4 Å². The second-order valence-electron chi connectivity index (χ2n) is 6.43. The van der Waals surface area contributed by atoms with Gasteiger partial charge in [0, 0.05) is 30.2 Å². The van der Waals surface area contributed by atoms with E-state index in [1.54, 1.807) is 19.0 Å². The van der Waals surface area contributed by atoms with E-state index in [2.05, 4.69) is 53.5 Å². The van der Waals surface area contributed by atoms with Crippen molar-refractivity contribution in [2.45, 2.75) is 16.2 Å². The van der Waals surface area contributed by atoms with Gasteiger partial charge in [0.2, 0.25) is 0 Å². The predicted molar refractivity (Wildman–Crippen MR) is 105 cm³/mol. The molecule has 2 aliphatic rings. The van der Waals surface area contributed by atoms with E-state index in [9.17, 15) is 4.79 Å². The topological polar surface area (TPSA) is 23.6 Å². The predicted octanol–water partition coefficient (Wildman–Crippen LogP) is 4.50. The van der Waals surface area contributed by atoms with Crippen molar-refractivity contribution in [2.75, 3.05) is 19.0 Å². The van der Waals surface area contributed by atoms with E-state index in [4.69, 9.17) is 0 Å². The van der Waals surface area contributed by atoms with E-state index in [0.717, 1.165) is 5.69 Å². The fraction of sp³-hybridized carbons (Fsp3) is 0.190. The van der Waals surface area contributed by atoms with Crippen LogP contribution in [0, 0.1) is 0 Å². The summed E-state index contributed by atoms with van der Waals surface area (Å²) in [6, 6.07) is 16.7. The smallest absolute Gasteiger partial charge is 0.253 e. The summed E-state index contributed by atoms with van der Waals surface area (Å²) >= 11 is 1.91. The molecule has 2 atom stereocenters. The zero-order chi connectivity index (χ0) is 17.4. The highest BCUT2D eigenvalue weighted by atomic mass is 32.2. The SMILES string of the molecule is CN(C)C(=O)c1ccc(N2c3ccccc3SC3C=CC=CC32)cc1. The average Bonchev–Trinajstić information content (AvgIpc) is 2.65. The molecule has 1 aliphatic heterocycles. The molecule has 2 aromatic rings. The molecule has 25 heavy (non-hydrogen) atoms. The molecule has 0 spiro atoms. The molecule has 1 heterocycles. The van der Waals surface area contributed by atoms with Crippen LogP contribution in [-0.4, -0.2) is 36.2 Å². The molecule has 2 unspecified atom stereocenters. The summed E-state index contributed by atoms with van der Waals surface area (Å²) < 4.78 is 0. The number of benzene rings is 2. The van der Waals surface area contributed by atoms with Gasteiger partial charge >= 0.3 is 0 Å². The van der Waals surface area contributed by atoms with E-state index in [0.29, 0.717) is 10.8 Å². The normalized spacial score (nSPS) is 20.8. The van der Waals surface area contributed by atoms with Crippen LogP contribution in [0.15, 0.2) is 77.7 Å². The molecule has 0 radical (unpaired) electrons. The Kier molecular flexibility index (Phi) is 4.14. The van der Waals surface area contributed by atoms with Crippen molar-refractivity contribution in [2.24, 2.45) is 0 Å². The van der Waals surface area contributed by atoms with Crippen molar-refractivity contribution in [3.63, 3.8) is 0 Å². The molecule has 0 saturated heterocycles. The number of amides is 1. The Morgan fingerprint density at radius 2 is 1.72 bits per heavy atom. The Hall–Kier alpha value is -2.46. The summed E-state index contributed by atoms with van der Waals surface area (Å²) in [4.78, 5) is 17.4. The highest BCUT2D eigenvalue weighted by molar-refractivity contribution is 8.00. The molecule has 1 amide bonds. The van der Waals surface area contributed by atoms with E-state index in [1.807, 2.05) is 36.0 Å². The Balaban J connectivity index is 1.76. The average molecular weight is 348 g/mol. The van der Waals surface area contributed by atoms with Gasteiger partial charge in [-0.15, -0.1) is 11.8 Å². The van der Waals surface area contributed by atoms with E-state index in [1.165, 1.54) is 10.6 Å². The minimum atomic E-state index is 0.0273. The second-order valence-corrected chi connectivity index (χ2v) is 7.65. The third-order valence-corrected chi connectivity index (χ3v) is 5.85. The van der Waals surface area contributed by atoms with E-state index >= 15 is 0 Å². The lowest BCUT2D eigenvalue weighted by molar-refractivity contribution is 0.0827. The maximum atomic E-state index is 12.1.